The number of methoxy groups -OCH3 is 3. The van der Waals surface area contributed by atoms with Gasteiger partial charge in [-0.05, 0) is 107 Å². The Labute approximate surface area is 420 Å². The molecule has 2 saturated heterocycles. The molecule has 14 nitrogen and oxygen atoms in total. The van der Waals surface area contributed by atoms with Crippen molar-refractivity contribution in [3.05, 3.63) is 47.6 Å². The first-order valence-corrected chi connectivity index (χ1v) is 29.8. The van der Waals surface area contributed by atoms with E-state index in [0.29, 0.717) is 50.5 Å². The van der Waals surface area contributed by atoms with Gasteiger partial charge >= 0.3 is 5.97 Å². The molecule has 0 unspecified atom stereocenters. The predicted molar refractivity (Wildman–Crippen MR) is 272 cm³/mol. The Morgan fingerprint density at radius 1 is 0.843 bits per heavy atom. The predicted octanol–water partition coefficient (Wildman–Crippen LogP) is 8.08. The van der Waals surface area contributed by atoms with Crippen molar-refractivity contribution in [3.63, 3.8) is 0 Å². The van der Waals surface area contributed by atoms with E-state index in [9.17, 15) is 34.2 Å². The van der Waals surface area contributed by atoms with Crippen molar-refractivity contribution in [2.45, 2.75) is 200 Å². The lowest BCUT2D eigenvalue weighted by Gasteiger charge is -2.42. The molecule has 4 aliphatic rings. The number of carbonyl (C=O) groups excluding carboxylic acids is 5. The summed E-state index contributed by atoms with van der Waals surface area (Å²) in [6.07, 6.45) is 13.6. The van der Waals surface area contributed by atoms with E-state index in [0.717, 1.165) is 31.1 Å². The number of fused-ring (bicyclic) bond motifs is 3. The number of nitrogens with zero attached hydrogens (tertiary/aromatic N) is 1. The van der Waals surface area contributed by atoms with Crippen molar-refractivity contribution in [3.8, 4) is 0 Å². The van der Waals surface area contributed by atoms with Crippen LogP contribution in [0.4, 0.5) is 0 Å². The number of amides is 1. The Hall–Kier alpha value is -3.15. The fourth-order valence-corrected chi connectivity index (χ4v) is 11.4. The molecule has 15 heteroatoms. The van der Waals surface area contributed by atoms with Crippen molar-refractivity contribution in [2.75, 3.05) is 34.1 Å². The number of aliphatic hydroxyl groups excluding tert-OH is 1. The van der Waals surface area contributed by atoms with Crippen LogP contribution in [0.25, 0.3) is 0 Å². The summed E-state index contributed by atoms with van der Waals surface area (Å²) in [7, 11) is 3.23. The third-order valence-corrected chi connectivity index (χ3v) is 16.2. The monoisotopic (exact) mass is 1000 g/mol. The highest BCUT2D eigenvalue weighted by Gasteiger charge is 2.53. The lowest BCUT2D eigenvalue weighted by atomic mass is 9.78. The average Bonchev–Trinajstić information content (AvgIpc) is 3.32. The number of Topliss-reactive ketones (excluding diaryl/α,β-unsaturated/α-hetero) is 3. The van der Waals surface area contributed by atoms with Crippen molar-refractivity contribution >= 4 is 37.3 Å². The topological polar surface area (TPSA) is 184 Å². The fourth-order valence-electron chi connectivity index (χ4n) is 10.6. The summed E-state index contributed by atoms with van der Waals surface area (Å²) in [5.74, 6) is -7.72. The number of allylic oxidation sites excluding steroid dienone is 6. The van der Waals surface area contributed by atoms with Crippen molar-refractivity contribution < 1.29 is 62.6 Å². The lowest BCUT2D eigenvalue weighted by molar-refractivity contribution is -0.265. The van der Waals surface area contributed by atoms with E-state index in [1.807, 2.05) is 58.1 Å². The maximum absolute atomic E-state index is 14.5. The van der Waals surface area contributed by atoms with Gasteiger partial charge in [0.25, 0.3) is 11.7 Å². The largest absolute Gasteiger partial charge is 0.460 e. The van der Waals surface area contributed by atoms with Crippen LogP contribution >= 0.6 is 0 Å². The van der Waals surface area contributed by atoms with Crippen LogP contribution in [0, 0.1) is 35.5 Å². The van der Waals surface area contributed by atoms with Crippen LogP contribution in [0.1, 0.15) is 126 Å². The maximum Gasteiger partial charge on any atom is 0.329 e. The van der Waals surface area contributed by atoms with Crippen LogP contribution in [0.15, 0.2) is 47.6 Å². The molecule has 1 saturated carbocycles. The Morgan fingerprint density at radius 2 is 1.56 bits per heavy atom. The van der Waals surface area contributed by atoms with Gasteiger partial charge in [0.2, 0.25) is 5.79 Å². The summed E-state index contributed by atoms with van der Waals surface area (Å²) in [6.45, 7) is 19.7. The standard InChI is InChI=1S/C55H89NO13Si/c1-34-19-15-14-16-20-35(2)46(64-8)31-42-24-22-40(7)55(63,69-42)52(60)53(61)56-26-18-17-21-43(56)54(62)68-47(37(4)29-41-23-25-45(48(30-41)65-9)67-33-70(11,12)13)32-44(57)36(3)28-39(6)50(59)51(66-10)49(58)38(5)27-34/h14-16,19-20,28,34,36-38,40-43,45-48,50-51,59,63H,17-18,21-27,29-33H2,1-13H3/b16-14+,19-15+,35-20+,39-28+/t34-,36-,37-,38-,40-,41+,42+,43+,45-,46+,47+,48-,50-,51+,55-/m1/s1. The highest BCUT2D eigenvalue weighted by atomic mass is 28.3. The first-order valence-electron chi connectivity index (χ1n) is 26.0. The molecule has 0 radical (unpaired) electrons. The van der Waals surface area contributed by atoms with E-state index < -0.39 is 85.8 Å². The van der Waals surface area contributed by atoms with Crippen molar-refractivity contribution in [2.24, 2.45) is 35.5 Å². The van der Waals surface area contributed by atoms with Gasteiger partial charge in [0, 0.05) is 64.7 Å². The maximum atomic E-state index is 14.5. The third-order valence-electron chi connectivity index (χ3n) is 15.2. The van der Waals surface area contributed by atoms with Crippen molar-refractivity contribution in [1.82, 2.24) is 4.90 Å². The van der Waals surface area contributed by atoms with E-state index in [1.165, 1.54) is 12.0 Å². The molecule has 70 heavy (non-hydrogen) atoms. The molecule has 2 bridgehead atoms. The molecule has 2 N–H and O–H groups in total. The van der Waals surface area contributed by atoms with E-state index in [2.05, 4.69) is 19.6 Å². The van der Waals surface area contributed by atoms with Gasteiger partial charge in [0.1, 0.15) is 30.1 Å². The second kappa shape index (κ2) is 27.2. The molecule has 3 fully saturated rings. The molecule has 1 amide bonds. The Balaban J connectivity index is 1.69. The second-order valence-electron chi connectivity index (χ2n) is 22.4. The minimum Gasteiger partial charge on any atom is -0.460 e. The lowest BCUT2D eigenvalue weighted by Crippen LogP contribution is -2.61. The number of rotatable bonds is 9. The SMILES string of the molecule is CO[C@H]1C[C@@H]2CC[C@@H](C)[C@@](O)(O2)C(=O)C(=O)N2CCCC[C@H]2C(=O)O[C@H]([C@H](C)C[C@@H]2CC[C@@H](OC[Si](C)(C)C)[C@H](OC)C2)CC(=O)[C@H](C)/C=C(\C)[C@@H](O)[C@@H](OC)C(=O)[C@H](C)C[C@H](C)/C=C/C=C/C=C/1C. The number of hydrogen-bond acceptors (Lipinski definition) is 13. The molecule has 15 atom stereocenters. The summed E-state index contributed by atoms with van der Waals surface area (Å²) < 4.78 is 36.4. The highest BCUT2D eigenvalue weighted by molar-refractivity contribution is 6.76. The van der Waals surface area contributed by atoms with E-state index in [1.54, 1.807) is 41.1 Å². The highest BCUT2D eigenvalue weighted by Crippen LogP contribution is 2.38. The van der Waals surface area contributed by atoms with Gasteiger partial charge in [0.15, 0.2) is 5.78 Å². The fraction of sp³-hybridized carbons (Fsp3) is 0.764. The summed E-state index contributed by atoms with van der Waals surface area (Å²) in [4.78, 5) is 72.4. The summed E-state index contributed by atoms with van der Waals surface area (Å²) in [5, 5.41) is 23.5. The molecule has 4 rings (SSSR count). The van der Waals surface area contributed by atoms with Crippen LogP contribution in [0.2, 0.25) is 19.6 Å². The van der Waals surface area contributed by atoms with Gasteiger partial charge in [-0.2, -0.15) is 0 Å². The molecule has 0 aromatic heterocycles. The minimum atomic E-state index is -2.42. The van der Waals surface area contributed by atoms with Crippen LogP contribution in [0.5, 0.6) is 0 Å². The van der Waals surface area contributed by atoms with Crippen LogP contribution < -0.4 is 0 Å². The Kier molecular flexibility index (Phi) is 23.1. The first-order chi connectivity index (χ1) is 32.9. The number of ketones is 3. The number of hydrogen-bond donors (Lipinski definition) is 2. The summed E-state index contributed by atoms with van der Waals surface area (Å²) in [5.41, 5.74) is 1.29. The smallest absolute Gasteiger partial charge is 0.329 e. The van der Waals surface area contributed by atoms with Crippen LogP contribution in [0.3, 0.4) is 0 Å². The van der Waals surface area contributed by atoms with Gasteiger partial charge in [-0.1, -0.05) is 90.7 Å². The zero-order valence-electron chi connectivity index (χ0n) is 44.8. The minimum absolute atomic E-state index is 0.0177. The molecule has 3 heterocycles. The van der Waals surface area contributed by atoms with Gasteiger partial charge < -0.3 is 43.5 Å². The van der Waals surface area contributed by atoms with Gasteiger partial charge in [-0.15, -0.1) is 0 Å². The zero-order chi connectivity index (χ0) is 52.1. The second-order valence-corrected chi connectivity index (χ2v) is 27.8. The van der Waals surface area contributed by atoms with Crippen molar-refractivity contribution in [1.29, 1.82) is 0 Å². The number of cyclic esters (lactones) is 1. The quantitative estimate of drug-likeness (QED) is 0.0979. The number of piperidine rings is 1. The Morgan fingerprint density at radius 3 is 2.21 bits per heavy atom. The average molecular weight is 1000 g/mol. The molecule has 3 aliphatic heterocycles. The van der Waals surface area contributed by atoms with E-state index >= 15 is 0 Å². The normalized spacial score (nSPS) is 38.6. The van der Waals surface area contributed by atoms with Gasteiger partial charge in [-0.25, -0.2) is 4.79 Å². The molecule has 0 aromatic carbocycles. The number of esters is 1. The van der Waals surface area contributed by atoms with Gasteiger partial charge in [0.05, 0.1) is 32.5 Å². The molecular formula is C55H89NO13Si. The number of aliphatic hydroxyl groups is 2. The molecule has 0 spiro atoms. The molecule has 1 aliphatic carbocycles. The van der Waals surface area contributed by atoms with E-state index in [-0.39, 0.29) is 60.9 Å². The molecule has 0 aromatic rings. The summed E-state index contributed by atoms with van der Waals surface area (Å²) >= 11 is 0. The molecule has 396 valence electrons. The molecular weight excluding hydrogens is 911 g/mol. The first kappa shape index (κ1) is 59.4. The van der Waals surface area contributed by atoms with E-state index in [4.69, 9.17) is 28.4 Å². The van der Waals surface area contributed by atoms with Crippen LogP contribution in [-0.4, -0.2) is 141 Å². The Bertz CT molecular complexity index is 1890. The zero-order valence-corrected chi connectivity index (χ0v) is 45.8. The summed E-state index contributed by atoms with van der Waals surface area (Å²) in [6, 6.07) is -1.13. The number of carbonyl (C=O) groups is 5. The number of ether oxygens (including phenoxy) is 6. The third kappa shape index (κ3) is 16.4. The van der Waals surface area contributed by atoms with Gasteiger partial charge in [-0.3, -0.25) is 19.2 Å². The van der Waals surface area contributed by atoms with Crippen LogP contribution in [-0.2, 0) is 52.4 Å².